The maximum Gasteiger partial charge on any atom is 0.234 e. The molecular weight excluding hydrogens is 246 g/mol. The average molecular weight is 271 g/mol. The first kappa shape index (κ1) is 15.9. The van der Waals surface area contributed by atoms with Crippen LogP contribution in [0.4, 0.5) is 0 Å². The first-order chi connectivity index (χ1) is 9.11. The molecule has 0 aromatic rings. The monoisotopic (exact) mass is 271 g/mol. The van der Waals surface area contributed by atoms with Gasteiger partial charge in [0.2, 0.25) is 11.8 Å². The molecule has 6 nitrogen and oxygen atoms in total. The zero-order valence-electron chi connectivity index (χ0n) is 11.8. The fourth-order valence-corrected chi connectivity index (χ4v) is 1.72. The molecule has 1 rings (SSSR count). The number of amides is 2. The van der Waals surface area contributed by atoms with Gasteiger partial charge in [0.25, 0.3) is 0 Å². The number of nitrogens with one attached hydrogen (secondary N) is 3. The third-order valence-corrected chi connectivity index (χ3v) is 2.81. The Morgan fingerprint density at radius 2 is 2.05 bits per heavy atom. The van der Waals surface area contributed by atoms with Crippen molar-refractivity contribution in [2.45, 2.75) is 44.7 Å². The summed E-state index contributed by atoms with van der Waals surface area (Å²) in [5, 5.41) is 8.77. The van der Waals surface area contributed by atoms with Crippen LogP contribution in [0.5, 0.6) is 0 Å². The highest BCUT2D eigenvalue weighted by Gasteiger charge is 2.22. The maximum atomic E-state index is 11.5. The molecule has 1 saturated carbocycles. The molecule has 0 bridgehead atoms. The predicted octanol–water partition coefficient (Wildman–Crippen LogP) is -0.214. The lowest BCUT2D eigenvalue weighted by Gasteiger charge is -2.13. The van der Waals surface area contributed by atoms with E-state index in [4.69, 9.17) is 4.74 Å². The van der Waals surface area contributed by atoms with Crippen LogP contribution in [0.2, 0.25) is 0 Å². The van der Waals surface area contributed by atoms with Crippen molar-refractivity contribution >= 4 is 11.8 Å². The number of carbonyl (C=O) groups is 2. The van der Waals surface area contributed by atoms with Crippen molar-refractivity contribution < 1.29 is 14.3 Å². The summed E-state index contributed by atoms with van der Waals surface area (Å²) in [6.07, 6.45) is 3.50. The highest BCUT2D eigenvalue weighted by molar-refractivity contribution is 5.78. The summed E-state index contributed by atoms with van der Waals surface area (Å²) in [4.78, 5) is 22.8. The molecule has 1 unspecified atom stereocenters. The fraction of sp³-hybridized carbons (Fsp3) is 0.846. The fourth-order valence-electron chi connectivity index (χ4n) is 1.72. The second-order valence-electron chi connectivity index (χ2n) is 5.05. The number of ether oxygens (including phenoxy) is 1. The SMILES string of the molecule is COCC(C)NC(=O)CNCCCC(=O)NC1CC1. The van der Waals surface area contributed by atoms with Gasteiger partial charge >= 0.3 is 0 Å². The third kappa shape index (κ3) is 8.56. The second-order valence-corrected chi connectivity index (χ2v) is 5.05. The van der Waals surface area contributed by atoms with Crippen LogP contribution in [0.25, 0.3) is 0 Å². The molecule has 3 N–H and O–H groups in total. The van der Waals surface area contributed by atoms with Crippen molar-refractivity contribution in [1.29, 1.82) is 0 Å². The van der Waals surface area contributed by atoms with E-state index in [1.54, 1.807) is 7.11 Å². The van der Waals surface area contributed by atoms with Crippen LogP contribution in [0.3, 0.4) is 0 Å². The molecule has 6 heteroatoms. The van der Waals surface area contributed by atoms with Gasteiger partial charge in [0.05, 0.1) is 13.2 Å². The summed E-state index contributed by atoms with van der Waals surface area (Å²) < 4.78 is 4.93. The van der Waals surface area contributed by atoms with Gasteiger partial charge in [0.1, 0.15) is 0 Å². The normalized spacial score (nSPS) is 15.9. The lowest BCUT2D eigenvalue weighted by Crippen LogP contribution is -2.41. The Morgan fingerprint density at radius 3 is 2.68 bits per heavy atom. The summed E-state index contributed by atoms with van der Waals surface area (Å²) in [7, 11) is 1.60. The summed E-state index contributed by atoms with van der Waals surface area (Å²) in [6, 6.07) is 0.442. The number of carbonyl (C=O) groups excluding carboxylic acids is 2. The van der Waals surface area contributed by atoms with E-state index in [0.29, 0.717) is 25.6 Å². The molecule has 0 spiro atoms. The Morgan fingerprint density at radius 1 is 1.32 bits per heavy atom. The first-order valence-electron chi connectivity index (χ1n) is 6.90. The Kier molecular flexibility index (Phi) is 7.43. The van der Waals surface area contributed by atoms with Crippen LogP contribution in [0.15, 0.2) is 0 Å². The molecule has 0 heterocycles. The predicted molar refractivity (Wildman–Crippen MR) is 72.7 cm³/mol. The zero-order valence-corrected chi connectivity index (χ0v) is 11.8. The number of methoxy groups -OCH3 is 1. The highest BCUT2D eigenvalue weighted by Crippen LogP contribution is 2.18. The minimum absolute atomic E-state index is 0.0172. The average Bonchev–Trinajstić information content (AvgIpc) is 3.12. The van der Waals surface area contributed by atoms with E-state index in [-0.39, 0.29) is 24.4 Å². The summed E-state index contributed by atoms with van der Waals surface area (Å²) in [5.74, 6) is 0.0643. The molecule has 1 aliphatic carbocycles. The smallest absolute Gasteiger partial charge is 0.234 e. The van der Waals surface area contributed by atoms with E-state index in [9.17, 15) is 9.59 Å². The molecule has 1 aliphatic rings. The summed E-state index contributed by atoms with van der Waals surface area (Å²) in [6.45, 7) is 3.35. The second kappa shape index (κ2) is 8.87. The topological polar surface area (TPSA) is 79.5 Å². The van der Waals surface area contributed by atoms with E-state index in [2.05, 4.69) is 16.0 Å². The quantitative estimate of drug-likeness (QED) is 0.480. The van der Waals surface area contributed by atoms with Crippen LogP contribution in [-0.2, 0) is 14.3 Å². The van der Waals surface area contributed by atoms with Gasteiger partial charge in [-0.15, -0.1) is 0 Å². The molecule has 2 amide bonds. The molecule has 0 aromatic carbocycles. The van der Waals surface area contributed by atoms with E-state index in [1.807, 2.05) is 6.92 Å². The van der Waals surface area contributed by atoms with Gasteiger partial charge in [-0.3, -0.25) is 9.59 Å². The maximum absolute atomic E-state index is 11.5. The van der Waals surface area contributed by atoms with E-state index in [1.165, 1.54) is 0 Å². The molecule has 110 valence electrons. The largest absolute Gasteiger partial charge is 0.383 e. The van der Waals surface area contributed by atoms with Crippen molar-refractivity contribution in [3.05, 3.63) is 0 Å². The van der Waals surface area contributed by atoms with Gasteiger partial charge < -0.3 is 20.7 Å². The standard InChI is InChI=1S/C13H25N3O3/c1-10(9-19-2)15-13(18)8-14-7-3-4-12(17)16-11-5-6-11/h10-11,14H,3-9H2,1-2H3,(H,15,18)(H,16,17). The van der Waals surface area contributed by atoms with Gasteiger partial charge in [0.15, 0.2) is 0 Å². The van der Waals surface area contributed by atoms with Crippen LogP contribution >= 0.6 is 0 Å². The minimum atomic E-state index is -0.0491. The van der Waals surface area contributed by atoms with Crippen molar-refractivity contribution in [2.75, 3.05) is 26.8 Å². The van der Waals surface area contributed by atoms with Crippen LogP contribution in [0, 0.1) is 0 Å². The molecule has 1 fully saturated rings. The molecule has 0 aromatic heterocycles. The summed E-state index contributed by atoms with van der Waals surface area (Å²) >= 11 is 0. The van der Waals surface area contributed by atoms with Crippen molar-refractivity contribution in [3.63, 3.8) is 0 Å². The van der Waals surface area contributed by atoms with Gasteiger partial charge in [-0.1, -0.05) is 0 Å². The van der Waals surface area contributed by atoms with Gasteiger partial charge in [0, 0.05) is 25.6 Å². The number of rotatable bonds is 10. The molecule has 0 radical (unpaired) electrons. The Balaban J connectivity index is 1.91. The lowest BCUT2D eigenvalue weighted by atomic mass is 10.3. The van der Waals surface area contributed by atoms with Crippen molar-refractivity contribution in [2.24, 2.45) is 0 Å². The van der Waals surface area contributed by atoms with E-state index < -0.39 is 0 Å². The first-order valence-corrected chi connectivity index (χ1v) is 6.90. The highest BCUT2D eigenvalue weighted by atomic mass is 16.5. The van der Waals surface area contributed by atoms with E-state index in [0.717, 1.165) is 19.3 Å². The third-order valence-electron chi connectivity index (χ3n) is 2.81. The van der Waals surface area contributed by atoms with E-state index >= 15 is 0 Å². The van der Waals surface area contributed by atoms with Crippen LogP contribution in [0.1, 0.15) is 32.6 Å². The van der Waals surface area contributed by atoms with Gasteiger partial charge in [-0.05, 0) is 32.7 Å². The van der Waals surface area contributed by atoms with Crippen LogP contribution < -0.4 is 16.0 Å². The zero-order chi connectivity index (χ0) is 14.1. The molecular formula is C13H25N3O3. The lowest BCUT2D eigenvalue weighted by molar-refractivity contribution is -0.121. The Labute approximate surface area is 114 Å². The Hall–Kier alpha value is -1.14. The molecule has 19 heavy (non-hydrogen) atoms. The molecule has 1 atom stereocenters. The Bertz CT molecular complexity index is 293. The van der Waals surface area contributed by atoms with Crippen LogP contribution in [-0.4, -0.2) is 50.7 Å². The van der Waals surface area contributed by atoms with Crippen molar-refractivity contribution in [1.82, 2.24) is 16.0 Å². The number of hydrogen-bond donors (Lipinski definition) is 3. The molecule has 0 saturated heterocycles. The minimum Gasteiger partial charge on any atom is -0.383 e. The van der Waals surface area contributed by atoms with Crippen molar-refractivity contribution in [3.8, 4) is 0 Å². The summed E-state index contributed by atoms with van der Waals surface area (Å²) in [5.41, 5.74) is 0. The molecule has 0 aliphatic heterocycles. The van der Waals surface area contributed by atoms with Gasteiger partial charge in [-0.25, -0.2) is 0 Å². The van der Waals surface area contributed by atoms with Gasteiger partial charge in [-0.2, -0.15) is 0 Å². The number of hydrogen-bond acceptors (Lipinski definition) is 4.